The fraction of sp³-hybridized carbons (Fsp3) is 0.216. The van der Waals surface area contributed by atoms with E-state index in [2.05, 4.69) is 79.3 Å². The first-order chi connectivity index (χ1) is 28.6. The zero-order valence-electron chi connectivity index (χ0n) is 35.5. The van der Waals surface area contributed by atoms with E-state index >= 15 is 0 Å². The van der Waals surface area contributed by atoms with Gasteiger partial charge in [-0.25, -0.2) is 18.7 Å². The van der Waals surface area contributed by atoms with Gasteiger partial charge in [0, 0.05) is 45.2 Å². The minimum absolute atomic E-state index is 0. The van der Waals surface area contributed by atoms with E-state index in [9.17, 15) is 14.7 Å². The molecule has 0 spiro atoms. The summed E-state index contributed by atoms with van der Waals surface area (Å²) >= 11 is 0. The fourth-order valence-corrected chi connectivity index (χ4v) is 8.00. The van der Waals surface area contributed by atoms with Gasteiger partial charge in [0.1, 0.15) is 48.9 Å². The van der Waals surface area contributed by atoms with Crippen LogP contribution in [0.1, 0.15) is 59.5 Å². The van der Waals surface area contributed by atoms with E-state index in [0.29, 0.717) is 11.1 Å². The minimum atomic E-state index is -0.936. The predicted molar refractivity (Wildman–Crippen MR) is 237 cm³/mol. The average Bonchev–Trinajstić information content (AvgIpc) is 3.25. The van der Waals surface area contributed by atoms with Gasteiger partial charge in [-0.2, -0.15) is 0 Å². The molecule has 0 saturated heterocycles. The molecule has 0 fully saturated rings. The number of carboxylic acids is 1. The predicted octanol–water partition coefficient (Wildman–Crippen LogP) is 4.14. The van der Waals surface area contributed by atoms with Crippen molar-refractivity contribution in [3.8, 4) is 44.9 Å². The number of esters is 1. The van der Waals surface area contributed by atoms with Crippen LogP contribution in [0, 0.1) is 13.8 Å². The maximum atomic E-state index is 12.5. The van der Waals surface area contributed by atoms with Crippen molar-refractivity contribution in [3.05, 3.63) is 154 Å². The third-order valence-corrected chi connectivity index (χ3v) is 11.0. The van der Waals surface area contributed by atoms with Crippen molar-refractivity contribution >= 4 is 33.9 Å². The number of hydrogen-bond donors (Lipinski definition) is 1. The summed E-state index contributed by atoms with van der Waals surface area (Å²) in [6.45, 7) is 16.3. The lowest BCUT2D eigenvalue weighted by atomic mass is 9.90. The summed E-state index contributed by atoms with van der Waals surface area (Å²) in [5.41, 5.74) is 9.90. The first-order valence-corrected chi connectivity index (χ1v) is 20.2. The van der Waals surface area contributed by atoms with Crippen LogP contribution in [0.15, 0.2) is 130 Å². The monoisotopic (exact) mass is 856 g/mol. The van der Waals surface area contributed by atoms with Crippen LogP contribution >= 0.6 is 0 Å². The van der Waals surface area contributed by atoms with Gasteiger partial charge >= 0.3 is 11.9 Å². The molecule has 0 atom stereocenters. The largest absolute Gasteiger partial charge is 1.00 e. The number of benzene rings is 6. The van der Waals surface area contributed by atoms with Crippen LogP contribution in [0.2, 0.25) is 0 Å². The van der Waals surface area contributed by atoms with Crippen molar-refractivity contribution in [2.24, 2.45) is 0 Å². The third kappa shape index (κ3) is 9.11. The number of carbonyl (C=O) groups excluding carboxylic acids is 1. The lowest BCUT2D eigenvalue weighted by Gasteiger charge is -2.17. The molecule has 0 bridgehead atoms. The Hall–Kier alpha value is -6.22. The summed E-state index contributed by atoms with van der Waals surface area (Å²) in [4.78, 5) is 24.4. The van der Waals surface area contributed by atoms with E-state index in [4.69, 9.17) is 13.6 Å². The fourth-order valence-electron chi connectivity index (χ4n) is 8.00. The SMILES string of the molecule is CC[N+](CC)=c1ccc2c(-c3ccccc3C(=O)O)c3ccc(C)cc3oc-2c1.CC[N+](CC)=c1ccc2c(-c3ccccc3C(=O)OC)c3ccc(C)cc3oc-2c1.[Cl-].[Cl-]. The number of rotatable bonds is 8. The number of aromatic carboxylic acids is 1. The van der Waals surface area contributed by atoms with Gasteiger partial charge in [0.15, 0.2) is 0 Å². The molecule has 4 aromatic rings. The van der Waals surface area contributed by atoms with Crippen molar-refractivity contribution in [3.63, 3.8) is 0 Å². The Morgan fingerprint density at radius 2 is 0.951 bits per heavy atom. The van der Waals surface area contributed by atoms with Crippen LogP contribution < -0.4 is 44.7 Å². The van der Waals surface area contributed by atoms with Gasteiger partial charge < -0.3 is 43.5 Å². The Bertz CT molecular complexity index is 2950. The van der Waals surface area contributed by atoms with Gasteiger partial charge in [0.25, 0.3) is 0 Å². The summed E-state index contributed by atoms with van der Waals surface area (Å²) < 4.78 is 22.3. The van der Waals surface area contributed by atoms with E-state index in [0.717, 1.165) is 109 Å². The van der Waals surface area contributed by atoms with E-state index in [1.165, 1.54) is 7.11 Å². The van der Waals surface area contributed by atoms with Crippen LogP contribution in [-0.2, 0) is 4.74 Å². The van der Waals surface area contributed by atoms with Crippen molar-refractivity contribution in [2.45, 2.75) is 41.5 Å². The number of nitrogens with zero attached hydrogens (tertiary/aromatic N) is 2. The number of hydrogen-bond acceptors (Lipinski definition) is 5. The number of fused-ring (bicyclic) bond motifs is 4. The lowest BCUT2D eigenvalue weighted by Crippen LogP contribution is -3.00. The molecule has 4 aromatic carbocycles. The third-order valence-electron chi connectivity index (χ3n) is 11.0. The molecule has 0 amide bonds. The maximum absolute atomic E-state index is 12.5. The average molecular weight is 858 g/mol. The van der Waals surface area contributed by atoms with Crippen molar-refractivity contribution in [1.29, 1.82) is 0 Å². The standard InChI is InChI=1S/C26H26NO3.C25H23NO3.2ClH/c1-5-27(6-2)18-12-14-22-24(16-18)30-23-15-17(3)11-13-21(23)25(22)19-9-7-8-10-20(19)26(28)29-4;1-4-26(5-2)17-11-13-21-23(15-17)29-22-14-16(3)10-12-20(22)24(21)18-8-6-7-9-19(18)25(27)28;;/h7-16H,5-6H2,1-4H3;6-15H,4-5H2,1-3H3;2*1H/q+1;;;/p-1. The molecule has 8 rings (SSSR count). The Morgan fingerprint density at radius 3 is 1.36 bits per heavy atom. The number of aryl methyl sites for hydroxylation is 2. The molecular formula is C51H50Cl2N2O6. The summed E-state index contributed by atoms with van der Waals surface area (Å²) in [5, 5.41) is 13.9. The second-order valence-corrected chi connectivity index (χ2v) is 14.5. The van der Waals surface area contributed by atoms with E-state index < -0.39 is 5.97 Å². The van der Waals surface area contributed by atoms with Gasteiger partial charge in [0.05, 0.1) is 30.4 Å². The van der Waals surface area contributed by atoms with Gasteiger partial charge in [0.2, 0.25) is 10.7 Å². The van der Waals surface area contributed by atoms with E-state index in [1.54, 1.807) is 18.2 Å². The summed E-state index contributed by atoms with van der Waals surface area (Å²) in [6, 6.07) is 39.4. The lowest BCUT2D eigenvalue weighted by molar-refractivity contribution is -0.00100. The highest BCUT2D eigenvalue weighted by Gasteiger charge is 2.24. The molecule has 0 radical (unpaired) electrons. The Balaban J connectivity index is 0.000000224. The van der Waals surface area contributed by atoms with E-state index in [-0.39, 0.29) is 36.3 Å². The molecule has 2 heterocycles. The second kappa shape index (κ2) is 19.9. The zero-order valence-corrected chi connectivity index (χ0v) is 37.0. The van der Waals surface area contributed by atoms with Crippen LogP contribution in [0.4, 0.5) is 0 Å². The van der Waals surface area contributed by atoms with Gasteiger partial charge in [-0.15, -0.1) is 0 Å². The molecule has 4 aliphatic rings. The molecule has 0 aromatic heterocycles. The van der Waals surface area contributed by atoms with Crippen LogP contribution in [0.5, 0.6) is 0 Å². The first kappa shape index (κ1) is 45.9. The molecule has 10 heteroatoms. The number of carbonyl (C=O) groups is 2. The highest BCUT2D eigenvalue weighted by Crippen LogP contribution is 2.43. The number of ether oxygens (including phenoxy) is 1. The Kier molecular flexibility index (Phi) is 15.0. The molecular weight excluding hydrogens is 807 g/mol. The topological polar surface area (TPSA) is 95.9 Å². The van der Waals surface area contributed by atoms with Gasteiger partial charge in [-0.3, -0.25) is 0 Å². The number of carboxylic acid groups (broad SMARTS) is 1. The summed E-state index contributed by atoms with van der Waals surface area (Å²) in [7, 11) is 1.41. The maximum Gasteiger partial charge on any atom is 0.338 e. The molecule has 2 aliphatic heterocycles. The Morgan fingerprint density at radius 1 is 0.541 bits per heavy atom. The summed E-state index contributed by atoms with van der Waals surface area (Å²) in [6.07, 6.45) is 0. The minimum Gasteiger partial charge on any atom is -1.00 e. The van der Waals surface area contributed by atoms with E-state index in [1.807, 2.05) is 74.5 Å². The van der Waals surface area contributed by atoms with Crippen LogP contribution in [-0.4, -0.2) is 50.3 Å². The van der Waals surface area contributed by atoms with Crippen molar-refractivity contribution < 1.29 is 53.1 Å². The van der Waals surface area contributed by atoms with Crippen molar-refractivity contribution in [1.82, 2.24) is 9.15 Å². The molecule has 0 saturated carbocycles. The van der Waals surface area contributed by atoms with Crippen LogP contribution in [0.25, 0.3) is 66.8 Å². The highest BCUT2D eigenvalue weighted by atomic mass is 35.5. The first-order valence-electron chi connectivity index (χ1n) is 20.2. The normalized spacial score (nSPS) is 10.7. The van der Waals surface area contributed by atoms with Crippen LogP contribution in [0.3, 0.4) is 0 Å². The van der Waals surface area contributed by atoms with Crippen molar-refractivity contribution in [2.75, 3.05) is 33.3 Å². The molecule has 0 unspecified atom stereocenters. The van der Waals surface area contributed by atoms with Gasteiger partial charge in [-0.05, 0) is 100 Å². The highest BCUT2D eigenvalue weighted by molar-refractivity contribution is 6.09. The Labute approximate surface area is 368 Å². The number of methoxy groups -OCH3 is 1. The smallest absolute Gasteiger partial charge is 0.338 e. The molecule has 8 nitrogen and oxygen atoms in total. The molecule has 314 valence electrons. The molecule has 2 aliphatic carbocycles. The second-order valence-electron chi connectivity index (χ2n) is 14.5. The summed E-state index contributed by atoms with van der Waals surface area (Å²) in [5.74, 6) is 0.268. The number of halogens is 2. The quantitative estimate of drug-likeness (QED) is 0.140. The molecule has 1 N–H and O–H groups in total. The van der Waals surface area contributed by atoms with Gasteiger partial charge in [-0.1, -0.05) is 60.7 Å². The zero-order chi connectivity index (χ0) is 41.8. The molecule has 61 heavy (non-hydrogen) atoms.